The number of oxime groups is 1. The van der Waals surface area contributed by atoms with Crippen LogP contribution in [0.15, 0.2) is 39.1 Å². The van der Waals surface area contributed by atoms with E-state index < -0.39 is 34.9 Å². The number of pyridine rings is 1. The number of quaternary nitrogens is 1. The fraction of sp³-hybridized carbons (Fsp3) is 0.300. The quantitative estimate of drug-likeness (QED) is 0.0860. The molecule has 37 heavy (non-hydrogen) atoms. The van der Waals surface area contributed by atoms with Gasteiger partial charge in [0, 0.05) is 33.5 Å². The van der Waals surface area contributed by atoms with Gasteiger partial charge in [0.25, 0.3) is 11.8 Å². The minimum atomic E-state index is -1.52. The van der Waals surface area contributed by atoms with Gasteiger partial charge in [-0.3, -0.25) is 19.5 Å². The Morgan fingerprint density at radius 3 is 2.92 bits per heavy atom. The first kappa shape index (κ1) is 27.2. The molecular weight excluding hydrogens is 566 g/mol. The number of fused-ring (bicyclic) bond motifs is 1. The first-order valence-electron chi connectivity index (χ1n) is 10.6. The third-order valence-electron chi connectivity index (χ3n) is 5.19. The van der Waals surface area contributed by atoms with E-state index in [2.05, 4.69) is 26.2 Å². The van der Waals surface area contributed by atoms with Crippen molar-refractivity contribution in [2.24, 2.45) is 5.16 Å². The van der Waals surface area contributed by atoms with Crippen LogP contribution in [0.1, 0.15) is 11.3 Å². The zero-order valence-corrected chi connectivity index (χ0v) is 22.1. The minimum absolute atomic E-state index is 0.0325. The number of halogens is 1. The van der Waals surface area contributed by atoms with Crippen molar-refractivity contribution in [2.75, 3.05) is 24.6 Å². The van der Waals surface area contributed by atoms with E-state index in [1.165, 1.54) is 23.5 Å². The Morgan fingerprint density at radius 2 is 2.27 bits per heavy atom. The molecule has 1 fully saturated rings. The number of carboxylic acid groups (broad SMARTS) is 1. The highest BCUT2D eigenvalue weighted by Gasteiger charge is 2.53. The maximum Gasteiger partial charge on any atom is 0.276 e. The maximum absolute atomic E-state index is 13.0. The Balaban J connectivity index is 1.52. The number of rotatable bonds is 10. The molecule has 2 amide bonds. The monoisotopic (exact) mass is 585 g/mol. The number of nitrogen functional groups attached to an aromatic ring is 1. The number of nitrogens with one attached hydrogen (secondary N) is 1. The van der Waals surface area contributed by atoms with Gasteiger partial charge in [-0.2, -0.15) is 0 Å². The molecule has 0 bridgehead atoms. The van der Waals surface area contributed by atoms with Crippen LogP contribution in [-0.2, 0) is 25.7 Å². The number of anilines is 1. The number of carboxylic acids is 1. The van der Waals surface area contributed by atoms with Crippen molar-refractivity contribution in [1.82, 2.24) is 20.2 Å². The molecule has 2 aliphatic rings. The van der Waals surface area contributed by atoms with Gasteiger partial charge >= 0.3 is 0 Å². The average Bonchev–Trinajstić information content (AvgIpc) is 3.20. The lowest BCUT2D eigenvalue weighted by molar-refractivity contribution is -0.374. The Morgan fingerprint density at radius 1 is 1.49 bits per heavy atom. The number of aliphatic carboxylic acids is 1. The van der Waals surface area contributed by atoms with Crippen molar-refractivity contribution >= 4 is 75.1 Å². The first-order valence-corrected chi connectivity index (χ1v) is 13.6. The summed E-state index contributed by atoms with van der Waals surface area (Å²) in [6, 6.07) is 0.662. The van der Waals surface area contributed by atoms with Crippen molar-refractivity contribution in [1.29, 1.82) is 0 Å². The number of β-lactam (4-membered cyclic amide) rings is 1. The van der Waals surface area contributed by atoms with Gasteiger partial charge < -0.3 is 36.6 Å². The summed E-state index contributed by atoms with van der Waals surface area (Å²) >= 11 is 9.34. The van der Waals surface area contributed by atoms with Crippen LogP contribution in [0.2, 0.25) is 4.34 Å². The topological polar surface area (TPSA) is 211 Å². The molecule has 0 saturated carbocycles. The molecule has 2 atom stereocenters. The van der Waals surface area contributed by atoms with Crippen LogP contribution in [0.4, 0.5) is 5.13 Å². The van der Waals surface area contributed by atoms with Crippen LogP contribution in [0, 0.1) is 0 Å². The van der Waals surface area contributed by atoms with Crippen LogP contribution in [0.25, 0.3) is 0 Å². The smallest absolute Gasteiger partial charge is 0.276 e. The Hall–Kier alpha value is -2.89. The van der Waals surface area contributed by atoms with E-state index in [0.717, 1.165) is 26.7 Å². The molecule has 2 aromatic rings. The largest absolute Gasteiger partial charge is 0.543 e. The van der Waals surface area contributed by atoms with Crippen molar-refractivity contribution < 1.29 is 35.2 Å². The molecule has 0 aromatic carbocycles. The Bertz CT molecular complexity index is 1300. The molecule has 0 spiro atoms. The molecular formula is C20H20ClN7O6S3. The van der Waals surface area contributed by atoms with Crippen LogP contribution < -0.4 is 21.9 Å². The van der Waals surface area contributed by atoms with E-state index in [4.69, 9.17) is 22.1 Å². The van der Waals surface area contributed by atoms with Crippen LogP contribution in [-0.4, -0.2) is 73.9 Å². The molecule has 2 aromatic heterocycles. The number of nitrogens with zero attached hydrogens (tertiary/aromatic N) is 4. The SMILES string of the molecule is Nc1nc(/C(=N/O)C(=O)N[C@@H]2C(=O)N3C(C(=O)[O-])=C(Sc4ccncc4COCC[NH3+])CS[C@H]23)c(Cl)s1. The van der Waals surface area contributed by atoms with Gasteiger partial charge in [0.05, 0.1) is 31.4 Å². The van der Waals surface area contributed by atoms with Gasteiger partial charge in [-0.1, -0.05) is 39.9 Å². The highest BCUT2D eigenvalue weighted by Crippen LogP contribution is 2.45. The van der Waals surface area contributed by atoms with E-state index >= 15 is 0 Å². The standard InChI is InChI=1S/C20H20ClN7O6S3/c21-15-11(26-20(23)37-15)12(27-33)16(29)25-13-17(30)28-14(19(31)32)10(7-35-18(13)28)36-9-1-3-24-5-8(9)6-34-4-2-22/h1,3,5,13,18,33H,2,4,6-7,22H2,(H2,23,26)(H,25,29)(H,31,32)/b27-12-/t13-,18-/m1/s1. The number of thioether (sulfide) groups is 2. The molecule has 0 aliphatic carbocycles. The molecule has 2 aliphatic heterocycles. The Labute approximate surface area is 227 Å². The first-order chi connectivity index (χ1) is 17.8. The second-order valence-corrected chi connectivity index (χ2v) is 11.4. The summed E-state index contributed by atoms with van der Waals surface area (Å²) in [6.45, 7) is 1.34. The third-order valence-corrected chi connectivity index (χ3v) is 8.94. The van der Waals surface area contributed by atoms with Gasteiger partial charge in [-0.15, -0.1) is 11.8 Å². The summed E-state index contributed by atoms with van der Waals surface area (Å²) in [7, 11) is 0. The van der Waals surface area contributed by atoms with E-state index in [1.54, 1.807) is 18.5 Å². The molecule has 17 heteroatoms. The predicted octanol–water partition coefficient (Wildman–Crippen LogP) is -1.14. The van der Waals surface area contributed by atoms with Crippen molar-refractivity contribution in [3.05, 3.63) is 44.7 Å². The molecule has 4 rings (SSSR count). The number of carbonyl (C=O) groups is 3. The third kappa shape index (κ3) is 5.53. The van der Waals surface area contributed by atoms with Crippen molar-refractivity contribution in [3.63, 3.8) is 0 Å². The number of nitrogens with two attached hydrogens (primary N) is 1. The van der Waals surface area contributed by atoms with E-state index in [1.807, 2.05) is 0 Å². The normalized spacial score (nSPS) is 19.5. The van der Waals surface area contributed by atoms with E-state index in [0.29, 0.717) is 18.1 Å². The number of carbonyl (C=O) groups excluding carboxylic acids is 3. The van der Waals surface area contributed by atoms with Crippen LogP contribution >= 0.6 is 46.5 Å². The second-order valence-electron chi connectivity index (χ2n) is 7.53. The van der Waals surface area contributed by atoms with E-state index in [9.17, 15) is 24.7 Å². The van der Waals surface area contributed by atoms with Gasteiger partial charge in [-0.05, 0) is 6.07 Å². The van der Waals surface area contributed by atoms with Crippen LogP contribution in [0.3, 0.4) is 0 Å². The number of aromatic nitrogens is 2. The summed E-state index contributed by atoms with van der Waals surface area (Å²) < 4.78 is 5.58. The molecule has 0 radical (unpaired) electrons. The summed E-state index contributed by atoms with van der Waals surface area (Å²) in [5.41, 5.74) is 9.14. The van der Waals surface area contributed by atoms with Gasteiger partial charge in [0.15, 0.2) is 10.8 Å². The van der Waals surface area contributed by atoms with Gasteiger partial charge in [0.2, 0.25) is 0 Å². The fourth-order valence-corrected chi connectivity index (χ4v) is 7.05. The summed E-state index contributed by atoms with van der Waals surface area (Å²) in [5.74, 6) is -2.85. The van der Waals surface area contributed by atoms with Gasteiger partial charge in [0.1, 0.15) is 21.4 Å². The summed E-state index contributed by atoms with van der Waals surface area (Å²) in [5, 5.41) is 26.2. The number of hydrogen-bond donors (Lipinski definition) is 4. The lowest BCUT2D eigenvalue weighted by atomic mass is 10.0. The zero-order chi connectivity index (χ0) is 26.7. The Kier molecular flexibility index (Phi) is 8.56. The minimum Gasteiger partial charge on any atom is -0.543 e. The maximum atomic E-state index is 13.0. The molecule has 196 valence electrons. The lowest BCUT2D eigenvalue weighted by Gasteiger charge is -2.50. The van der Waals surface area contributed by atoms with Crippen molar-refractivity contribution in [2.45, 2.75) is 22.9 Å². The average molecular weight is 586 g/mol. The molecule has 7 N–H and O–H groups in total. The van der Waals surface area contributed by atoms with Crippen molar-refractivity contribution in [3.8, 4) is 0 Å². The molecule has 1 saturated heterocycles. The molecule has 4 heterocycles. The summed E-state index contributed by atoms with van der Waals surface area (Å²) in [6.07, 6.45) is 3.21. The fourth-order valence-electron chi connectivity index (χ4n) is 3.57. The molecule has 0 unspecified atom stereocenters. The number of amides is 2. The summed E-state index contributed by atoms with van der Waals surface area (Å²) in [4.78, 5) is 48.0. The van der Waals surface area contributed by atoms with Crippen LogP contribution in [0.5, 0.6) is 0 Å². The number of hydrogen-bond acceptors (Lipinski definition) is 13. The molecule has 13 nitrogen and oxygen atoms in total. The highest BCUT2D eigenvalue weighted by atomic mass is 35.5. The lowest BCUT2D eigenvalue weighted by Crippen LogP contribution is -2.71. The number of thiazole rings is 1. The van der Waals surface area contributed by atoms with Gasteiger partial charge in [-0.25, -0.2) is 4.98 Å². The zero-order valence-electron chi connectivity index (χ0n) is 18.9. The predicted molar refractivity (Wildman–Crippen MR) is 134 cm³/mol. The van der Waals surface area contributed by atoms with E-state index in [-0.39, 0.29) is 33.2 Å². The highest BCUT2D eigenvalue weighted by molar-refractivity contribution is 8.06. The second kappa shape index (κ2) is 11.7. The number of ether oxygens (including phenoxy) is 1.